The first-order valence-electron chi connectivity index (χ1n) is 4.94. The van der Waals surface area contributed by atoms with E-state index in [1.54, 1.807) is 18.2 Å². The molecule has 1 fully saturated rings. The number of amides is 1. The Bertz CT molecular complexity index is 388. The van der Waals surface area contributed by atoms with Crippen LogP contribution in [0, 0.1) is 0 Å². The number of benzene rings is 1. The molecular weight excluding hydrogens is 219 g/mol. The van der Waals surface area contributed by atoms with E-state index in [2.05, 4.69) is 0 Å². The second kappa shape index (κ2) is 3.81. The molecule has 2 rings (SSSR count). The number of carbonyl (C=O) groups excluding carboxylic acids is 1. The van der Waals surface area contributed by atoms with Gasteiger partial charge < -0.3 is 4.90 Å². The number of para-hydroxylation sites is 1. The van der Waals surface area contributed by atoms with Crippen LogP contribution in [-0.4, -0.2) is 18.1 Å². The lowest BCUT2D eigenvalue weighted by Gasteiger charge is -2.26. The highest BCUT2D eigenvalue weighted by molar-refractivity contribution is 5.96. The Morgan fingerprint density at radius 3 is 2.38 bits per heavy atom. The fourth-order valence-electron chi connectivity index (χ4n) is 1.91. The molecule has 86 valence electrons. The van der Waals surface area contributed by atoms with E-state index in [1.807, 2.05) is 0 Å². The van der Waals surface area contributed by atoms with Crippen LogP contribution in [0.25, 0.3) is 0 Å². The molecule has 0 spiro atoms. The summed E-state index contributed by atoms with van der Waals surface area (Å²) in [6.07, 6.45) is -4.56. The first-order chi connectivity index (χ1) is 7.50. The third kappa shape index (κ3) is 1.89. The Hall–Kier alpha value is -1.52. The van der Waals surface area contributed by atoms with Crippen LogP contribution in [0.5, 0.6) is 0 Å². The number of halogens is 3. The molecule has 0 aromatic heterocycles. The molecule has 5 heteroatoms. The predicted molar refractivity (Wildman–Crippen MR) is 53.0 cm³/mol. The highest BCUT2D eigenvalue weighted by atomic mass is 19.4. The van der Waals surface area contributed by atoms with Crippen molar-refractivity contribution in [3.05, 3.63) is 30.3 Å². The minimum atomic E-state index is -4.36. The molecule has 1 saturated heterocycles. The number of nitrogens with zero attached hydrogens (tertiary/aromatic N) is 1. The zero-order valence-corrected chi connectivity index (χ0v) is 8.37. The lowest BCUT2D eigenvalue weighted by Crippen LogP contribution is -2.43. The van der Waals surface area contributed by atoms with Crippen LogP contribution >= 0.6 is 0 Å². The summed E-state index contributed by atoms with van der Waals surface area (Å²) in [6, 6.07) is 6.29. The fraction of sp³-hybridized carbons (Fsp3) is 0.364. The minimum Gasteiger partial charge on any atom is -0.300 e. The van der Waals surface area contributed by atoms with Crippen molar-refractivity contribution >= 4 is 11.6 Å². The number of alkyl halides is 3. The Labute approximate surface area is 90.7 Å². The van der Waals surface area contributed by atoms with Gasteiger partial charge in [0.05, 0.1) is 0 Å². The lowest BCUT2D eigenvalue weighted by molar-refractivity contribution is -0.148. The quantitative estimate of drug-likeness (QED) is 0.725. The summed E-state index contributed by atoms with van der Waals surface area (Å²) in [5.41, 5.74) is 0.312. The Balaban J connectivity index is 2.34. The number of anilines is 1. The standard InChI is InChI=1S/C11H10F3NO/c12-11(13,14)9-6-7-10(16)15(9)8-4-2-1-3-5-8/h1-5,9H,6-7H2/t9-/m0/s1. The fourth-order valence-corrected chi connectivity index (χ4v) is 1.91. The van der Waals surface area contributed by atoms with Gasteiger partial charge in [-0.3, -0.25) is 4.79 Å². The van der Waals surface area contributed by atoms with Crippen molar-refractivity contribution in [2.45, 2.75) is 25.1 Å². The highest BCUT2D eigenvalue weighted by Crippen LogP contribution is 2.36. The van der Waals surface area contributed by atoms with E-state index >= 15 is 0 Å². The van der Waals surface area contributed by atoms with Crippen LogP contribution in [0.2, 0.25) is 0 Å². The molecule has 0 radical (unpaired) electrons. The van der Waals surface area contributed by atoms with Gasteiger partial charge in [-0.2, -0.15) is 13.2 Å². The molecule has 1 aliphatic heterocycles. The highest BCUT2D eigenvalue weighted by Gasteiger charge is 2.49. The summed E-state index contributed by atoms with van der Waals surface area (Å²) in [4.78, 5) is 12.3. The van der Waals surface area contributed by atoms with Crippen LogP contribution in [0.1, 0.15) is 12.8 Å². The van der Waals surface area contributed by atoms with Crippen molar-refractivity contribution < 1.29 is 18.0 Å². The van der Waals surface area contributed by atoms with Gasteiger partial charge in [0.1, 0.15) is 6.04 Å². The van der Waals surface area contributed by atoms with Crippen LogP contribution in [0.15, 0.2) is 30.3 Å². The summed E-state index contributed by atoms with van der Waals surface area (Å²) in [7, 11) is 0. The zero-order chi connectivity index (χ0) is 11.8. The summed E-state index contributed by atoms with van der Waals surface area (Å²) >= 11 is 0. The molecule has 0 unspecified atom stereocenters. The summed E-state index contributed by atoms with van der Waals surface area (Å²) in [5, 5.41) is 0. The van der Waals surface area contributed by atoms with E-state index in [9.17, 15) is 18.0 Å². The topological polar surface area (TPSA) is 20.3 Å². The largest absolute Gasteiger partial charge is 0.409 e. The lowest BCUT2D eigenvalue weighted by atomic mass is 10.2. The normalized spacial score (nSPS) is 21.6. The number of carbonyl (C=O) groups is 1. The first-order valence-corrected chi connectivity index (χ1v) is 4.94. The minimum absolute atomic E-state index is 0.0426. The van der Waals surface area contributed by atoms with Crippen molar-refractivity contribution in [2.75, 3.05) is 4.90 Å². The van der Waals surface area contributed by atoms with Gasteiger partial charge >= 0.3 is 6.18 Å². The Morgan fingerprint density at radius 1 is 1.19 bits per heavy atom. The van der Waals surface area contributed by atoms with E-state index < -0.39 is 18.1 Å². The average Bonchev–Trinajstić information content (AvgIpc) is 2.61. The van der Waals surface area contributed by atoms with Crippen molar-refractivity contribution in [2.24, 2.45) is 0 Å². The average molecular weight is 229 g/mol. The van der Waals surface area contributed by atoms with Gasteiger partial charge in [0.2, 0.25) is 5.91 Å². The maximum atomic E-state index is 12.7. The van der Waals surface area contributed by atoms with Crippen molar-refractivity contribution in [3.63, 3.8) is 0 Å². The SMILES string of the molecule is O=C1CC[C@@H](C(F)(F)F)N1c1ccccc1. The molecule has 2 nitrogen and oxygen atoms in total. The van der Waals surface area contributed by atoms with Crippen LogP contribution in [0.4, 0.5) is 18.9 Å². The number of hydrogen-bond acceptors (Lipinski definition) is 1. The van der Waals surface area contributed by atoms with Crippen LogP contribution in [-0.2, 0) is 4.79 Å². The molecule has 0 N–H and O–H groups in total. The maximum absolute atomic E-state index is 12.7. The van der Waals surface area contributed by atoms with Gasteiger partial charge in [0.15, 0.2) is 0 Å². The van der Waals surface area contributed by atoms with Gasteiger partial charge in [-0.1, -0.05) is 18.2 Å². The van der Waals surface area contributed by atoms with E-state index in [4.69, 9.17) is 0 Å². The van der Waals surface area contributed by atoms with Gasteiger partial charge in [0.25, 0.3) is 0 Å². The van der Waals surface area contributed by atoms with E-state index in [0.717, 1.165) is 4.90 Å². The van der Waals surface area contributed by atoms with Crippen molar-refractivity contribution in [3.8, 4) is 0 Å². The van der Waals surface area contributed by atoms with Gasteiger partial charge in [0, 0.05) is 12.1 Å². The molecule has 1 aliphatic rings. The Kier molecular flexibility index (Phi) is 2.61. The monoisotopic (exact) mass is 229 g/mol. The molecular formula is C11H10F3NO. The van der Waals surface area contributed by atoms with E-state index in [-0.39, 0.29) is 12.8 Å². The molecule has 0 saturated carbocycles. The van der Waals surface area contributed by atoms with Gasteiger partial charge in [-0.05, 0) is 18.6 Å². The second-order valence-corrected chi connectivity index (χ2v) is 3.70. The van der Waals surface area contributed by atoms with Crippen LogP contribution < -0.4 is 4.90 Å². The first kappa shape index (κ1) is 11.0. The van der Waals surface area contributed by atoms with Crippen molar-refractivity contribution in [1.82, 2.24) is 0 Å². The number of hydrogen-bond donors (Lipinski definition) is 0. The van der Waals surface area contributed by atoms with Gasteiger partial charge in [-0.15, -0.1) is 0 Å². The third-order valence-electron chi connectivity index (χ3n) is 2.62. The molecule has 0 aliphatic carbocycles. The molecule has 1 atom stereocenters. The molecule has 0 bridgehead atoms. The maximum Gasteiger partial charge on any atom is 0.409 e. The molecule has 1 aromatic rings. The summed E-state index contributed by atoms with van der Waals surface area (Å²) < 4.78 is 38.0. The zero-order valence-electron chi connectivity index (χ0n) is 8.37. The predicted octanol–water partition coefficient (Wildman–Crippen LogP) is 2.74. The molecule has 16 heavy (non-hydrogen) atoms. The smallest absolute Gasteiger partial charge is 0.300 e. The third-order valence-corrected chi connectivity index (χ3v) is 2.62. The van der Waals surface area contributed by atoms with E-state index in [0.29, 0.717) is 5.69 Å². The molecule has 1 heterocycles. The number of rotatable bonds is 1. The Morgan fingerprint density at radius 2 is 1.81 bits per heavy atom. The van der Waals surface area contributed by atoms with E-state index in [1.165, 1.54) is 12.1 Å². The molecule has 1 amide bonds. The van der Waals surface area contributed by atoms with Crippen molar-refractivity contribution in [1.29, 1.82) is 0 Å². The summed E-state index contributed by atoms with van der Waals surface area (Å²) in [6.45, 7) is 0. The molecule has 1 aromatic carbocycles. The van der Waals surface area contributed by atoms with Crippen LogP contribution in [0.3, 0.4) is 0 Å². The van der Waals surface area contributed by atoms with Gasteiger partial charge in [-0.25, -0.2) is 0 Å². The summed E-state index contributed by atoms with van der Waals surface area (Å²) in [5.74, 6) is -0.464. The second-order valence-electron chi connectivity index (χ2n) is 3.70.